The molecule has 1 heterocycles. The molecule has 0 unspecified atom stereocenters. The summed E-state index contributed by atoms with van der Waals surface area (Å²) in [5.74, 6) is 0. The van der Waals surface area contributed by atoms with Crippen molar-refractivity contribution in [1.82, 2.24) is 5.06 Å². The van der Waals surface area contributed by atoms with E-state index < -0.39 is 0 Å². The van der Waals surface area contributed by atoms with E-state index in [2.05, 4.69) is 4.99 Å². The van der Waals surface area contributed by atoms with Crippen molar-refractivity contribution in [1.29, 1.82) is 0 Å². The van der Waals surface area contributed by atoms with Gasteiger partial charge in [-0.3, -0.25) is 4.84 Å². The van der Waals surface area contributed by atoms with Crippen LogP contribution in [0.1, 0.15) is 0 Å². The summed E-state index contributed by atoms with van der Waals surface area (Å²) in [6, 6.07) is 0. The quantitative estimate of drug-likeness (QED) is 0.515. The van der Waals surface area contributed by atoms with E-state index in [9.17, 15) is 0 Å². The first-order valence-electron chi connectivity index (χ1n) is 2.54. The lowest BCUT2D eigenvalue weighted by Gasteiger charge is -2.18. The number of hydrogen-bond acceptors (Lipinski definition) is 3. The Balaban J connectivity index is 2.59. The molecule has 0 saturated heterocycles. The van der Waals surface area contributed by atoms with Crippen LogP contribution in [0.4, 0.5) is 0 Å². The van der Waals surface area contributed by atoms with Crippen LogP contribution in [0.2, 0.25) is 0 Å². The number of aliphatic imine (C=N–C) groups is 1. The van der Waals surface area contributed by atoms with Gasteiger partial charge in [0.2, 0.25) is 5.29 Å². The van der Waals surface area contributed by atoms with Gasteiger partial charge in [0, 0.05) is 6.20 Å². The van der Waals surface area contributed by atoms with Gasteiger partial charge in [0.25, 0.3) is 0 Å². The van der Waals surface area contributed by atoms with E-state index in [1.807, 2.05) is 6.08 Å². The van der Waals surface area contributed by atoms with Crippen LogP contribution in [0.25, 0.3) is 0 Å². The fourth-order valence-corrected chi connectivity index (χ4v) is 0.741. The minimum Gasteiger partial charge on any atom is -0.274 e. The van der Waals surface area contributed by atoms with E-state index in [1.165, 1.54) is 5.06 Å². The second kappa shape index (κ2) is 2.85. The standard InChI is InChI=1S/C5H7ClN2O/c1-9-8-4-2-3-7-5(8)6/h2-3H,4H2,1H3. The molecule has 0 radical (unpaired) electrons. The first-order chi connectivity index (χ1) is 4.34. The molecule has 0 saturated carbocycles. The fraction of sp³-hybridized carbons (Fsp3) is 0.400. The maximum atomic E-state index is 5.58. The zero-order valence-corrected chi connectivity index (χ0v) is 5.80. The summed E-state index contributed by atoms with van der Waals surface area (Å²) in [7, 11) is 1.55. The third-order valence-corrected chi connectivity index (χ3v) is 1.27. The summed E-state index contributed by atoms with van der Waals surface area (Å²) in [6.07, 6.45) is 3.51. The van der Waals surface area contributed by atoms with Gasteiger partial charge in [0.1, 0.15) is 0 Å². The molecule has 0 fully saturated rings. The summed E-state index contributed by atoms with van der Waals surface area (Å²) in [4.78, 5) is 8.61. The predicted molar refractivity (Wildman–Crippen MR) is 36.1 cm³/mol. The van der Waals surface area contributed by atoms with Gasteiger partial charge in [-0.05, 0) is 17.7 Å². The van der Waals surface area contributed by atoms with Crippen molar-refractivity contribution in [2.24, 2.45) is 4.99 Å². The number of halogens is 1. The second-order valence-corrected chi connectivity index (χ2v) is 1.86. The van der Waals surface area contributed by atoms with Crippen molar-refractivity contribution in [3.8, 4) is 0 Å². The molecule has 0 aromatic carbocycles. The predicted octanol–water partition coefficient (Wildman–Crippen LogP) is 0.972. The van der Waals surface area contributed by atoms with Crippen molar-refractivity contribution in [2.75, 3.05) is 13.7 Å². The van der Waals surface area contributed by atoms with Gasteiger partial charge >= 0.3 is 0 Å². The molecule has 9 heavy (non-hydrogen) atoms. The molecule has 0 aromatic heterocycles. The lowest BCUT2D eigenvalue weighted by atomic mass is 10.5. The van der Waals surface area contributed by atoms with Crippen LogP contribution in [0, 0.1) is 0 Å². The zero-order valence-electron chi connectivity index (χ0n) is 5.04. The Bertz CT molecular complexity index is 155. The van der Waals surface area contributed by atoms with E-state index in [-0.39, 0.29) is 0 Å². The normalized spacial score (nSPS) is 18.0. The molecule has 0 bridgehead atoms. The summed E-state index contributed by atoms with van der Waals surface area (Å²) in [5, 5.41) is 1.86. The SMILES string of the molecule is CON1CC=CN=C1Cl. The number of amidine groups is 1. The average molecular weight is 147 g/mol. The smallest absolute Gasteiger partial charge is 0.223 e. The van der Waals surface area contributed by atoms with E-state index in [0.717, 1.165) is 0 Å². The molecular weight excluding hydrogens is 140 g/mol. The maximum Gasteiger partial charge on any atom is 0.223 e. The van der Waals surface area contributed by atoms with Crippen LogP contribution in [-0.4, -0.2) is 24.0 Å². The highest BCUT2D eigenvalue weighted by Gasteiger charge is 2.06. The Morgan fingerprint density at radius 1 is 1.89 bits per heavy atom. The van der Waals surface area contributed by atoms with Crippen LogP contribution in [-0.2, 0) is 4.84 Å². The molecule has 0 aliphatic carbocycles. The second-order valence-electron chi connectivity index (χ2n) is 1.53. The van der Waals surface area contributed by atoms with Gasteiger partial charge in [0.05, 0.1) is 13.7 Å². The van der Waals surface area contributed by atoms with Crippen molar-refractivity contribution < 1.29 is 4.84 Å². The Morgan fingerprint density at radius 3 is 3.11 bits per heavy atom. The van der Waals surface area contributed by atoms with Crippen LogP contribution in [0.3, 0.4) is 0 Å². The van der Waals surface area contributed by atoms with Gasteiger partial charge in [-0.2, -0.15) is 0 Å². The largest absolute Gasteiger partial charge is 0.274 e. The minimum absolute atomic E-state index is 0.375. The molecule has 1 aliphatic rings. The van der Waals surface area contributed by atoms with Crippen LogP contribution >= 0.6 is 11.6 Å². The molecular formula is C5H7ClN2O. The summed E-state index contributed by atoms with van der Waals surface area (Å²) in [5.41, 5.74) is 0. The Morgan fingerprint density at radius 2 is 2.67 bits per heavy atom. The molecule has 0 amide bonds. The Kier molecular flexibility index (Phi) is 2.08. The van der Waals surface area contributed by atoms with E-state index in [0.29, 0.717) is 11.8 Å². The molecule has 3 nitrogen and oxygen atoms in total. The van der Waals surface area contributed by atoms with E-state index in [1.54, 1.807) is 13.3 Å². The highest BCUT2D eigenvalue weighted by Crippen LogP contribution is 2.02. The van der Waals surface area contributed by atoms with Crippen LogP contribution < -0.4 is 0 Å². The maximum absolute atomic E-state index is 5.58. The van der Waals surface area contributed by atoms with Gasteiger partial charge in [-0.15, -0.1) is 0 Å². The molecule has 50 valence electrons. The number of nitrogens with zero attached hydrogens (tertiary/aromatic N) is 2. The van der Waals surface area contributed by atoms with E-state index in [4.69, 9.17) is 16.4 Å². The third-order valence-electron chi connectivity index (χ3n) is 0.984. The summed E-state index contributed by atoms with van der Waals surface area (Å²) < 4.78 is 0. The molecule has 1 aliphatic heterocycles. The van der Waals surface area contributed by atoms with Crippen LogP contribution in [0.15, 0.2) is 17.3 Å². The molecule has 0 N–H and O–H groups in total. The molecule has 0 spiro atoms. The Hall–Kier alpha value is -0.540. The average Bonchev–Trinajstić information content (AvgIpc) is 1.89. The lowest BCUT2D eigenvalue weighted by Crippen LogP contribution is -2.27. The van der Waals surface area contributed by atoms with Gasteiger partial charge < -0.3 is 0 Å². The lowest BCUT2D eigenvalue weighted by molar-refractivity contribution is -0.0533. The number of hydrogen-bond donors (Lipinski definition) is 0. The minimum atomic E-state index is 0.375. The summed E-state index contributed by atoms with van der Waals surface area (Å²) in [6.45, 7) is 0.666. The van der Waals surface area contributed by atoms with Gasteiger partial charge in [-0.25, -0.2) is 10.1 Å². The van der Waals surface area contributed by atoms with Crippen molar-refractivity contribution in [2.45, 2.75) is 0 Å². The van der Waals surface area contributed by atoms with Gasteiger partial charge in [0.15, 0.2) is 0 Å². The number of hydroxylamine groups is 2. The van der Waals surface area contributed by atoms with Crippen molar-refractivity contribution in [3.05, 3.63) is 12.3 Å². The summed E-state index contributed by atoms with van der Waals surface area (Å²) >= 11 is 5.58. The topological polar surface area (TPSA) is 24.8 Å². The first kappa shape index (κ1) is 6.58. The molecule has 0 atom stereocenters. The van der Waals surface area contributed by atoms with Crippen LogP contribution in [0.5, 0.6) is 0 Å². The zero-order chi connectivity index (χ0) is 6.69. The fourth-order valence-electron chi connectivity index (χ4n) is 0.547. The molecule has 1 rings (SSSR count). The molecule has 4 heteroatoms. The van der Waals surface area contributed by atoms with Gasteiger partial charge in [-0.1, -0.05) is 0 Å². The van der Waals surface area contributed by atoms with Crippen molar-refractivity contribution >= 4 is 16.9 Å². The number of rotatable bonds is 1. The highest BCUT2D eigenvalue weighted by atomic mass is 35.5. The third kappa shape index (κ3) is 1.43. The highest BCUT2D eigenvalue weighted by molar-refractivity contribution is 6.64. The van der Waals surface area contributed by atoms with E-state index >= 15 is 0 Å². The monoisotopic (exact) mass is 146 g/mol. The van der Waals surface area contributed by atoms with Crippen molar-refractivity contribution in [3.63, 3.8) is 0 Å². The Labute approximate surface area is 58.5 Å². The molecule has 0 aromatic rings. The first-order valence-corrected chi connectivity index (χ1v) is 2.92.